The molecule has 4 heteroatoms. The van der Waals surface area contributed by atoms with Gasteiger partial charge in [-0.2, -0.15) is 5.26 Å². The molecule has 0 unspecified atom stereocenters. The summed E-state index contributed by atoms with van der Waals surface area (Å²) in [6.45, 7) is 0. The maximum atomic E-state index is 10.7. The highest BCUT2D eigenvalue weighted by Crippen LogP contribution is 2.42. The van der Waals surface area contributed by atoms with E-state index in [1.54, 1.807) is 0 Å². The van der Waals surface area contributed by atoms with E-state index in [0.717, 1.165) is 77.3 Å². The van der Waals surface area contributed by atoms with E-state index in [1.807, 2.05) is 18.2 Å². The molecule has 0 radical (unpaired) electrons. The first-order chi connectivity index (χ1) is 23.3. The second-order valence-corrected chi connectivity index (χ2v) is 12.0. The van der Waals surface area contributed by atoms with Crippen molar-refractivity contribution in [2.45, 2.75) is 0 Å². The van der Waals surface area contributed by atoms with Crippen molar-refractivity contribution in [3.8, 4) is 28.6 Å². The molecule has 10 rings (SSSR count). The van der Waals surface area contributed by atoms with Crippen LogP contribution in [0.15, 0.2) is 156 Å². The molecule has 218 valence electrons. The van der Waals surface area contributed by atoms with Crippen LogP contribution >= 0.6 is 0 Å². The lowest BCUT2D eigenvalue weighted by atomic mass is 10.00. The van der Waals surface area contributed by atoms with Crippen LogP contribution in [0.1, 0.15) is 5.56 Å². The Morgan fingerprint density at radius 3 is 1.79 bits per heavy atom. The Balaban J connectivity index is 1.22. The molecule has 7 aromatic carbocycles. The number of nitriles is 1. The molecule has 0 saturated carbocycles. The Bertz CT molecular complexity index is 2880. The fourth-order valence-electron chi connectivity index (χ4n) is 7.62. The van der Waals surface area contributed by atoms with Crippen LogP contribution in [0.25, 0.3) is 88.1 Å². The van der Waals surface area contributed by atoms with Crippen LogP contribution in [0.2, 0.25) is 0 Å². The summed E-state index contributed by atoms with van der Waals surface area (Å²) in [6, 6.07) is 55.2. The summed E-state index contributed by atoms with van der Waals surface area (Å²) in [5, 5.41) is 17.6. The highest BCUT2D eigenvalue weighted by molar-refractivity contribution is 6.27. The molecule has 47 heavy (non-hydrogen) atoms. The van der Waals surface area contributed by atoms with E-state index in [9.17, 15) is 5.26 Å². The van der Waals surface area contributed by atoms with E-state index in [4.69, 9.17) is 4.42 Å². The van der Waals surface area contributed by atoms with Gasteiger partial charge in [-0.25, -0.2) is 0 Å². The minimum absolute atomic E-state index is 0.610. The van der Waals surface area contributed by atoms with E-state index < -0.39 is 0 Å². The summed E-state index contributed by atoms with van der Waals surface area (Å²) in [7, 11) is 0. The van der Waals surface area contributed by atoms with Crippen molar-refractivity contribution in [1.82, 2.24) is 9.13 Å². The van der Waals surface area contributed by atoms with Crippen LogP contribution in [0, 0.1) is 11.3 Å². The predicted octanol–water partition coefficient (Wildman–Crippen LogP) is 11.3. The number of fused-ring (bicyclic) bond motifs is 10. The van der Waals surface area contributed by atoms with Gasteiger partial charge in [-0.1, -0.05) is 97.1 Å². The largest absolute Gasteiger partial charge is 0.456 e. The molecular weight excluding hydrogens is 574 g/mol. The second-order valence-electron chi connectivity index (χ2n) is 12.0. The number of furan rings is 1. The average molecular weight is 600 g/mol. The minimum atomic E-state index is 0.610. The number of hydrogen-bond donors (Lipinski definition) is 0. The lowest BCUT2D eigenvalue weighted by molar-refractivity contribution is 0.669. The summed E-state index contributed by atoms with van der Waals surface area (Å²) in [5.41, 5.74) is 10.7. The Kier molecular flexibility index (Phi) is 5.32. The minimum Gasteiger partial charge on any atom is -0.456 e. The SMILES string of the molecule is N#Cc1cc(-c2ccccc2-n2c3ccccc3c3ccccc32)ccc1-n1c2ccccc2c2c3c(ccc21)oc1ccccc13. The summed E-state index contributed by atoms with van der Waals surface area (Å²) in [4.78, 5) is 0. The van der Waals surface area contributed by atoms with Gasteiger partial charge in [-0.15, -0.1) is 0 Å². The first kappa shape index (κ1) is 25.7. The molecule has 3 heterocycles. The molecule has 0 N–H and O–H groups in total. The third-order valence-corrected chi connectivity index (χ3v) is 9.57. The number of hydrogen-bond acceptors (Lipinski definition) is 2. The van der Waals surface area contributed by atoms with Crippen molar-refractivity contribution < 1.29 is 4.42 Å². The monoisotopic (exact) mass is 599 g/mol. The van der Waals surface area contributed by atoms with Gasteiger partial charge in [0, 0.05) is 37.9 Å². The lowest BCUT2D eigenvalue weighted by Gasteiger charge is -2.16. The van der Waals surface area contributed by atoms with Crippen LogP contribution < -0.4 is 0 Å². The highest BCUT2D eigenvalue weighted by atomic mass is 16.3. The number of nitrogens with zero attached hydrogens (tertiary/aromatic N) is 3. The van der Waals surface area contributed by atoms with E-state index in [1.165, 1.54) is 10.8 Å². The van der Waals surface area contributed by atoms with Gasteiger partial charge < -0.3 is 13.6 Å². The van der Waals surface area contributed by atoms with Crippen LogP contribution in [-0.4, -0.2) is 9.13 Å². The van der Waals surface area contributed by atoms with Crippen molar-refractivity contribution >= 4 is 65.6 Å². The predicted molar refractivity (Wildman–Crippen MR) is 193 cm³/mol. The highest BCUT2D eigenvalue weighted by Gasteiger charge is 2.21. The van der Waals surface area contributed by atoms with Gasteiger partial charge in [0.25, 0.3) is 0 Å². The molecular formula is C43H25N3O. The smallest absolute Gasteiger partial charge is 0.136 e. The Hall–Kier alpha value is -6.57. The number of benzene rings is 7. The molecule has 0 bridgehead atoms. The first-order valence-electron chi connectivity index (χ1n) is 15.8. The molecule has 4 nitrogen and oxygen atoms in total. The van der Waals surface area contributed by atoms with Crippen molar-refractivity contribution in [3.05, 3.63) is 157 Å². The summed E-state index contributed by atoms with van der Waals surface area (Å²) >= 11 is 0. The molecule has 0 aliphatic heterocycles. The normalized spacial score (nSPS) is 11.8. The molecule has 3 aromatic heterocycles. The summed E-state index contributed by atoms with van der Waals surface area (Å²) in [5.74, 6) is 0. The number of aromatic nitrogens is 2. The van der Waals surface area contributed by atoms with Crippen molar-refractivity contribution in [1.29, 1.82) is 5.26 Å². The Morgan fingerprint density at radius 1 is 0.447 bits per heavy atom. The van der Waals surface area contributed by atoms with Crippen molar-refractivity contribution in [3.63, 3.8) is 0 Å². The van der Waals surface area contributed by atoms with Gasteiger partial charge >= 0.3 is 0 Å². The van der Waals surface area contributed by atoms with E-state index in [-0.39, 0.29) is 0 Å². The Morgan fingerprint density at radius 2 is 1.04 bits per heavy atom. The van der Waals surface area contributed by atoms with Gasteiger partial charge in [0.1, 0.15) is 17.2 Å². The molecule has 0 aliphatic carbocycles. The van der Waals surface area contributed by atoms with Crippen LogP contribution in [0.5, 0.6) is 0 Å². The molecule has 0 fully saturated rings. The van der Waals surface area contributed by atoms with Gasteiger partial charge in [0.15, 0.2) is 0 Å². The Labute approximate surface area is 269 Å². The van der Waals surface area contributed by atoms with Crippen LogP contribution in [-0.2, 0) is 0 Å². The fraction of sp³-hybridized carbons (Fsp3) is 0. The number of rotatable bonds is 3. The molecule has 0 spiro atoms. The van der Waals surface area contributed by atoms with Gasteiger partial charge in [0.2, 0.25) is 0 Å². The zero-order chi connectivity index (χ0) is 31.1. The summed E-state index contributed by atoms with van der Waals surface area (Å²) in [6.07, 6.45) is 0. The standard InChI is InChI=1S/C43H25N3O/c44-26-28-25-27(29-11-1-6-16-35(29)46-36-17-7-2-12-30(36)31-13-3-8-18-37(31)46)21-22-34(28)45-38-19-9-4-14-32(38)42-39(45)23-24-41-43(42)33-15-5-10-20-40(33)47-41/h1-25H. The van der Waals surface area contributed by atoms with Crippen molar-refractivity contribution in [2.24, 2.45) is 0 Å². The second kappa shape index (κ2) is 9.71. The van der Waals surface area contributed by atoms with Crippen LogP contribution in [0.3, 0.4) is 0 Å². The quantitative estimate of drug-likeness (QED) is 0.203. The molecule has 0 amide bonds. The molecule has 0 aliphatic rings. The maximum Gasteiger partial charge on any atom is 0.136 e. The topological polar surface area (TPSA) is 46.8 Å². The summed E-state index contributed by atoms with van der Waals surface area (Å²) < 4.78 is 10.8. The first-order valence-corrected chi connectivity index (χ1v) is 15.8. The lowest BCUT2D eigenvalue weighted by Crippen LogP contribution is -2.00. The molecule has 0 atom stereocenters. The van der Waals surface area contributed by atoms with E-state index in [0.29, 0.717) is 5.56 Å². The van der Waals surface area contributed by atoms with Gasteiger partial charge in [-0.3, -0.25) is 0 Å². The molecule has 10 aromatic rings. The fourth-order valence-corrected chi connectivity index (χ4v) is 7.62. The van der Waals surface area contributed by atoms with E-state index >= 15 is 0 Å². The van der Waals surface area contributed by atoms with Gasteiger partial charge in [-0.05, 0) is 60.2 Å². The third-order valence-electron chi connectivity index (χ3n) is 9.57. The van der Waals surface area contributed by atoms with E-state index in [2.05, 4.69) is 149 Å². The van der Waals surface area contributed by atoms with Crippen LogP contribution in [0.4, 0.5) is 0 Å². The third kappa shape index (κ3) is 3.57. The van der Waals surface area contributed by atoms with Gasteiger partial charge in [0.05, 0.1) is 39.0 Å². The maximum absolute atomic E-state index is 10.7. The van der Waals surface area contributed by atoms with Crippen molar-refractivity contribution in [2.75, 3.05) is 0 Å². The zero-order valence-electron chi connectivity index (χ0n) is 25.2. The zero-order valence-corrected chi connectivity index (χ0v) is 25.2. The average Bonchev–Trinajstić information content (AvgIpc) is 3.79. The number of para-hydroxylation sites is 5. The molecule has 0 saturated heterocycles.